The molecule has 2 aliphatic rings. The zero-order valence-electron chi connectivity index (χ0n) is 8.94. The van der Waals surface area contributed by atoms with Crippen LogP contribution in [0.25, 0.3) is 0 Å². The maximum absolute atomic E-state index is 11.6. The molecule has 0 aliphatic heterocycles. The fourth-order valence-electron chi connectivity index (χ4n) is 2.33. The average Bonchev–Trinajstić information content (AvgIpc) is 2.44. The van der Waals surface area contributed by atoms with Crippen LogP contribution in [0.5, 0.6) is 0 Å². The molecule has 3 nitrogen and oxygen atoms in total. The maximum Gasteiger partial charge on any atom is 0.315 e. The summed E-state index contributed by atoms with van der Waals surface area (Å²) >= 11 is 0. The number of urea groups is 1. The molecule has 0 radical (unpaired) electrons. The summed E-state index contributed by atoms with van der Waals surface area (Å²) in [6, 6.07) is 0.485. The van der Waals surface area contributed by atoms with Crippen LogP contribution in [0.2, 0.25) is 0 Å². The summed E-state index contributed by atoms with van der Waals surface area (Å²) in [6.07, 6.45) is 8.34. The molecule has 2 N–H and O–H groups in total. The highest BCUT2D eigenvalue weighted by atomic mass is 16.2. The minimum Gasteiger partial charge on any atom is -0.335 e. The molecule has 2 saturated carbocycles. The standard InChI is InChI=1S/C11H20N2O/c1-11(7-2-3-8-11)13-10(14)12-9-5-4-6-9/h9H,2-8H2,1H3,(H2,12,13,14). The second-order valence-electron chi connectivity index (χ2n) is 4.99. The quantitative estimate of drug-likeness (QED) is 0.698. The minimum atomic E-state index is 0.0408. The highest BCUT2D eigenvalue weighted by Gasteiger charge is 2.31. The molecule has 0 bridgehead atoms. The van der Waals surface area contributed by atoms with E-state index in [1.54, 1.807) is 0 Å². The maximum atomic E-state index is 11.6. The predicted molar refractivity (Wildman–Crippen MR) is 56.2 cm³/mol. The van der Waals surface area contributed by atoms with Gasteiger partial charge in [-0.3, -0.25) is 0 Å². The number of hydrogen-bond acceptors (Lipinski definition) is 1. The van der Waals surface area contributed by atoms with Gasteiger partial charge < -0.3 is 10.6 Å². The van der Waals surface area contributed by atoms with Crippen LogP contribution >= 0.6 is 0 Å². The first-order valence-corrected chi connectivity index (χ1v) is 5.77. The van der Waals surface area contributed by atoms with Crippen LogP contribution in [-0.4, -0.2) is 17.6 Å². The Bertz CT molecular complexity index is 217. The summed E-state index contributed by atoms with van der Waals surface area (Å²) in [7, 11) is 0. The molecule has 0 aromatic carbocycles. The van der Waals surface area contributed by atoms with Crippen LogP contribution in [0.15, 0.2) is 0 Å². The number of carbonyl (C=O) groups is 1. The lowest BCUT2D eigenvalue weighted by atomic mass is 9.93. The number of hydrogen-bond donors (Lipinski definition) is 2. The van der Waals surface area contributed by atoms with Gasteiger partial charge in [-0.15, -0.1) is 0 Å². The van der Waals surface area contributed by atoms with E-state index in [-0.39, 0.29) is 11.6 Å². The van der Waals surface area contributed by atoms with Crippen LogP contribution in [0.1, 0.15) is 51.9 Å². The van der Waals surface area contributed by atoms with Crippen LogP contribution in [-0.2, 0) is 0 Å². The van der Waals surface area contributed by atoms with Gasteiger partial charge in [-0.2, -0.15) is 0 Å². The Labute approximate surface area is 85.6 Å². The van der Waals surface area contributed by atoms with Crippen molar-refractivity contribution in [1.82, 2.24) is 10.6 Å². The Morgan fingerprint density at radius 3 is 2.36 bits per heavy atom. The lowest BCUT2D eigenvalue weighted by molar-refractivity contribution is 0.216. The third-order valence-electron chi connectivity index (χ3n) is 3.56. The van der Waals surface area contributed by atoms with Crippen molar-refractivity contribution < 1.29 is 4.79 Å². The molecule has 80 valence electrons. The number of nitrogens with one attached hydrogen (secondary N) is 2. The van der Waals surface area contributed by atoms with Crippen molar-refractivity contribution >= 4 is 6.03 Å². The van der Waals surface area contributed by atoms with E-state index in [9.17, 15) is 4.79 Å². The topological polar surface area (TPSA) is 41.1 Å². The summed E-state index contributed by atoms with van der Waals surface area (Å²) < 4.78 is 0. The van der Waals surface area contributed by atoms with Crippen molar-refractivity contribution in [1.29, 1.82) is 0 Å². The molecule has 0 spiro atoms. The smallest absolute Gasteiger partial charge is 0.315 e. The van der Waals surface area contributed by atoms with Crippen LogP contribution in [0.3, 0.4) is 0 Å². The summed E-state index contributed by atoms with van der Waals surface area (Å²) in [6.45, 7) is 2.15. The van der Waals surface area contributed by atoms with Gasteiger partial charge in [-0.05, 0) is 39.0 Å². The molecule has 0 unspecified atom stereocenters. The molecule has 0 saturated heterocycles. The number of carbonyl (C=O) groups excluding carboxylic acids is 1. The third kappa shape index (κ3) is 2.20. The number of rotatable bonds is 2. The van der Waals surface area contributed by atoms with Gasteiger partial charge in [0, 0.05) is 11.6 Å². The van der Waals surface area contributed by atoms with Gasteiger partial charge in [0.15, 0.2) is 0 Å². The van der Waals surface area contributed by atoms with Crippen LogP contribution < -0.4 is 10.6 Å². The molecular weight excluding hydrogens is 176 g/mol. The van der Waals surface area contributed by atoms with Crippen molar-refractivity contribution in [3.63, 3.8) is 0 Å². The number of amides is 2. The van der Waals surface area contributed by atoms with Gasteiger partial charge in [0.1, 0.15) is 0 Å². The molecule has 2 amide bonds. The van der Waals surface area contributed by atoms with Gasteiger partial charge in [0.25, 0.3) is 0 Å². The van der Waals surface area contributed by atoms with E-state index in [1.807, 2.05) is 0 Å². The normalized spacial score (nSPS) is 25.5. The van der Waals surface area contributed by atoms with E-state index in [4.69, 9.17) is 0 Å². The second-order valence-corrected chi connectivity index (χ2v) is 4.99. The summed E-state index contributed by atoms with van der Waals surface area (Å²) in [5.41, 5.74) is 0.0633. The summed E-state index contributed by atoms with van der Waals surface area (Å²) in [5, 5.41) is 6.12. The Hall–Kier alpha value is -0.730. The predicted octanol–water partition coefficient (Wildman–Crippen LogP) is 2.17. The zero-order chi connectivity index (χ0) is 10.0. The average molecular weight is 196 g/mol. The highest BCUT2D eigenvalue weighted by molar-refractivity contribution is 5.75. The molecule has 0 atom stereocenters. The zero-order valence-corrected chi connectivity index (χ0v) is 8.94. The van der Waals surface area contributed by atoms with Crippen LogP contribution in [0, 0.1) is 0 Å². The van der Waals surface area contributed by atoms with E-state index in [0.29, 0.717) is 6.04 Å². The molecular formula is C11H20N2O. The molecule has 3 heteroatoms. The van der Waals surface area contributed by atoms with Crippen molar-refractivity contribution in [2.24, 2.45) is 0 Å². The minimum absolute atomic E-state index is 0.0408. The Morgan fingerprint density at radius 2 is 1.86 bits per heavy atom. The van der Waals surface area contributed by atoms with Gasteiger partial charge in [-0.25, -0.2) is 4.79 Å². The summed E-state index contributed by atoms with van der Waals surface area (Å²) in [4.78, 5) is 11.6. The molecule has 2 rings (SSSR count). The monoisotopic (exact) mass is 196 g/mol. The lowest BCUT2D eigenvalue weighted by Crippen LogP contribution is -2.52. The van der Waals surface area contributed by atoms with Gasteiger partial charge in [0.05, 0.1) is 0 Å². The van der Waals surface area contributed by atoms with Crippen molar-refractivity contribution in [2.45, 2.75) is 63.5 Å². The highest BCUT2D eigenvalue weighted by Crippen LogP contribution is 2.28. The molecule has 0 aromatic heterocycles. The molecule has 0 aromatic rings. The Kier molecular flexibility index (Phi) is 2.66. The third-order valence-corrected chi connectivity index (χ3v) is 3.56. The summed E-state index contributed by atoms with van der Waals surface area (Å²) in [5.74, 6) is 0. The van der Waals surface area contributed by atoms with E-state index in [1.165, 1.54) is 19.3 Å². The lowest BCUT2D eigenvalue weighted by Gasteiger charge is -2.30. The molecule has 14 heavy (non-hydrogen) atoms. The first-order chi connectivity index (χ1) is 6.68. The molecule has 0 heterocycles. The van der Waals surface area contributed by atoms with Gasteiger partial charge >= 0.3 is 6.03 Å². The van der Waals surface area contributed by atoms with Crippen molar-refractivity contribution in [3.05, 3.63) is 0 Å². The molecule has 2 fully saturated rings. The fraction of sp³-hybridized carbons (Fsp3) is 0.909. The first kappa shape index (κ1) is 9.81. The Morgan fingerprint density at radius 1 is 1.21 bits per heavy atom. The van der Waals surface area contributed by atoms with Crippen molar-refractivity contribution in [3.8, 4) is 0 Å². The first-order valence-electron chi connectivity index (χ1n) is 5.77. The van der Waals surface area contributed by atoms with E-state index >= 15 is 0 Å². The molecule has 2 aliphatic carbocycles. The largest absolute Gasteiger partial charge is 0.335 e. The van der Waals surface area contributed by atoms with Crippen LogP contribution in [0.4, 0.5) is 4.79 Å². The fourth-order valence-corrected chi connectivity index (χ4v) is 2.33. The van der Waals surface area contributed by atoms with E-state index in [2.05, 4.69) is 17.6 Å². The Balaban J connectivity index is 1.75. The van der Waals surface area contributed by atoms with Gasteiger partial charge in [0.2, 0.25) is 0 Å². The van der Waals surface area contributed by atoms with E-state index < -0.39 is 0 Å². The second kappa shape index (κ2) is 3.79. The SMILES string of the molecule is CC1(NC(=O)NC2CCC2)CCCC1. The van der Waals surface area contributed by atoms with Crippen molar-refractivity contribution in [2.75, 3.05) is 0 Å². The van der Waals surface area contributed by atoms with E-state index in [0.717, 1.165) is 25.7 Å². The van der Waals surface area contributed by atoms with Gasteiger partial charge in [-0.1, -0.05) is 12.8 Å².